The Bertz CT molecular complexity index is 366. The van der Waals surface area contributed by atoms with Crippen LogP contribution in [0.1, 0.15) is 12.8 Å². The van der Waals surface area contributed by atoms with E-state index >= 15 is 0 Å². The minimum Gasteiger partial charge on any atom is -0.253 e. The number of hydrogen-bond acceptors (Lipinski definition) is 2. The van der Waals surface area contributed by atoms with Crippen molar-refractivity contribution in [1.29, 1.82) is 0 Å². The predicted molar refractivity (Wildman–Crippen MR) is 84.6 cm³/mol. The summed E-state index contributed by atoms with van der Waals surface area (Å²) in [5, 5.41) is 4.13. The van der Waals surface area contributed by atoms with Gasteiger partial charge in [-0.1, -0.05) is 63.7 Å². The number of nitrogens with zero attached hydrogens (tertiary/aromatic N) is 3. The molecule has 0 saturated heterocycles. The van der Waals surface area contributed by atoms with Gasteiger partial charge in [0.25, 0.3) is 0 Å². The molecular weight excluding hydrogens is 482 g/mol. The Morgan fingerprint density at radius 2 is 1.76 bits per heavy atom. The van der Waals surface area contributed by atoms with E-state index < -0.39 is 0 Å². The van der Waals surface area contributed by atoms with Crippen molar-refractivity contribution < 1.29 is 0 Å². The molecule has 0 amide bonds. The maximum atomic E-state index is 4.13. The molecule has 1 heterocycles. The van der Waals surface area contributed by atoms with Crippen molar-refractivity contribution in [2.24, 2.45) is 5.92 Å². The van der Waals surface area contributed by atoms with Crippen molar-refractivity contribution in [2.75, 3.05) is 0 Å². The zero-order valence-corrected chi connectivity index (χ0v) is 15.2. The molecule has 0 spiro atoms. The summed E-state index contributed by atoms with van der Waals surface area (Å²) in [6.45, 7) is 0.839. The van der Waals surface area contributed by atoms with Gasteiger partial charge in [0.2, 0.25) is 0 Å². The normalized spacial score (nSPS) is 15.1. The van der Waals surface area contributed by atoms with Crippen LogP contribution in [0.4, 0.5) is 0 Å². The second-order valence-corrected chi connectivity index (χ2v) is 6.46. The number of halogens is 4. The van der Waals surface area contributed by atoms with Crippen LogP contribution in [-0.2, 0) is 6.54 Å². The monoisotopic (exact) mass is 489 g/mol. The molecule has 0 aliphatic carbocycles. The predicted octanol–water partition coefficient (Wildman–Crippen LogP) is 4.94. The molecule has 0 N–H and O–H groups in total. The van der Waals surface area contributed by atoms with Crippen LogP contribution in [0.5, 0.6) is 0 Å². The van der Waals surface area contributed by atoms with Gasteiger partial charge >= 0.3 is 0 Å². The van der Waals surface area contributed by atoms with E-state index in [0.29, 0.717) is 5.92 Å². The van der Waals surface area contributed by atoms with E-state index in [9.17, 15) is 0 Å². The Balaban J connectivity index is 2.65. The third-order valence-electron chi connectivity index (χ3n) is 2.12. The summed E-state index contributed by atoms with van der Waals surface area (Å²) in [4.78, 5) is 7.75. The smallest absolute Gasteiger partial charge is 0.137 e. The van der Waals surface area contributed by atoms with Gasteiger partial charge in [-0.2, -0.15) is 5.10 Å². The molecule has 3 nitrogen and oxygen atoms in total. The number of aromatic nitrogens is 3. The molecule has 0 fully saturated rings. The van der Waals surface area contributed by atoms with Gasteiger partial charge in [-0.25, -0.2) is 4.98 Å². The van der Waals surface area contributed by atoms with E-state index in [2.05, 4.69) is 73.8 Å². The highest BCUT2D eigenvalue weighted by Gasteiger charge is 2.13. The molecule has 94 valence electrons. The van der Waals surface area contributed by atoms with Crippen LogP contribution in [0.2, 0.25) is 0 Å². The molecule has 0 radical (unpaired) electrons. The fourth-order valence-corrected chi connectivity index (χ4v) is 2.72. The highest BCUT2D eigenvalue weighted by atomic mass is 79.9. The van der Waals surface area contributed by atoms with Gasteiger partial charge in [0.15, 0.2) is 0 Å². The van der Waals surface area contributed by atoms with Gasteiger partial charge in [0.1, 0.15) is 12.7 Å². The summed E-state index contributed by atoms with van der Waals surface area (Å²) in [6.07, 6.45) is 5.19. The standard InChI is InChI=1S/C10H11Br4N3/c11-3-9(13)1-8(2-10(14)4-12)5-17-7-15-6-16-17/h3-4,6-8H,1-2,5H2. The average Bonchev–Trinajstić information content (AvgIpc) is 2.81. The Hall–Kier alpha value is 0.540. The quantitative estimate of drug-likeness (QED) is 0.563. The summed E-state index contributed by atoms with van der Waals surface area (Å²) in [5.74, 6) is 0.447. The number of allylic oxidation sites excluding steroid dienone is 2. The Labute approximate surface area is 134 Å². The lowest BCUT2D eigenvalue weighted by molar-refractivity contribution is 0.422. The molecule has 0 atom stereocenters. The summed E-state index contributed by atoms with van der Waals surface area (Å²) in [6, 6.07) is 0. The van der Waals surface area contributed by atoms with E-state index in [-0.39, 0.29) is 0 Å². The Morgan fingerprint density at radius 3 is 2.18 bits per heavy atom. The Morgan fingerprint density at radius 1 is 1.18 bits per heavy atom. The van der Waals surface area contributed by atoms with Gasteiger partial charge < -0.3 is 0 Å². The first-order chi connectivity index (χ1) is 8.15. The van der Waals surface area contributed by atoms with Crippen molar-refractivity contribution in [3.63, 3.8) is 0 Å². The second kappa shape index (κ2) is 8.61. The van der Waals surface area contributed by atoms with Crippen LogP contribution in [-0.4, -0.2) is 14.8 Å². The first-order valence-electron chi connectivity index (χ1n) is 4.87. The third kappa shape index (κ3) is 6.31. The van der Waals surface area contributed by atoms with E-state index in [4.69, 9.17) is 0 Å². The zero-order chi connectivity index (χ0) is 12.7. The maximum Gasteiger partial charge on any atom is 0.137 e. The molecule has 0 unspecified atom stereocenters. The van der Waals surface area contributed by atoms with Gasteiger partial charge in [-0.05, 0) is 28.7 Å². The first kappa shape index (κ1) is 15.6. The van der Waals surface area contributed by atoms with Crippen LogP contribution in [0.25, 0.3) is 0 Å². The summed E-state index contributed by atoms with van der Waals surface area (Å²) in [5.41, 5.74) is 0. The lowest BCUT2D eigenvalue weighted by Crippen LogP contribution is -2.11. The molecule has 0 aromatic carbocycles. The summed E-state index contributed by atoms with van der Waals surface area (Å²) < 4.78 is 4.13. The van der Waals surface area contributed by atoms with Gasteiger partial charge in [-0.15, -0.1) is 0 Å². The van der Waals surface area contributed by atoms with E-state index in [1.807, 2.05) is 14.7 Å². The minimum absolute atomic E-state index is 0.447. The van der Waals surface area contributed by atoms with Crippen LogP contribution >= 0.6 is 63.7 Å². The lowest BCUT2D eigenvalue weighted by Gasteiger charge is -2.15. The molecule has 0 aliphatic heterocycles. The number of hydrogen-bond donors (Lipinski definition) is 0. The topological polar surface area (TPSA) is 30.7 Å². The maximum absolute atomic E-state index is 4.13. The van der Waals surface area contributed by atoms with Gasteiger partial charge in [-0.3, -0.25) is 4.68 Å². The van der Waals surface area contributed by atoms with Crippen LogP contribution in [0, 0.1) is 5.92 Å². The zero-order valence-electron chi connectivity index (χ0n) is 8.86. The third-order valence-corrected chi connectivity index (χ3v) is 5.56. The van der Waals surface area contributed by atoms with Gasteiger partial charge in [0, 0.05) is 15.5 Å². The van der Waals surface area contributed by atoms with Crippen molar-refractivity contribution in [3.8, 4) is 0 Å². The molecule has 17 heavy (non-hydrogen) atoms. The fourth-order valence-electron chi connectivity index (χ4n) is 1.43. The van der Waals surface area contributed by atoms with E-state index in [1.54, 1.807) is 12.7 Å². The Kier molecular flexibility index (Phi) is 7.90. The molecule has 0 saturated carbocycles. The van der Waals surface area contributed by atoms with Crippen LogP contribution in [0.3, 0.4) is 0 Å². The second-order valence-electron chi connectivity index (χ2n) is 3.50. The van der Waals surface area contributed by atoms with Crippen molar-refractivity contribution in [1.82, 2.24) is 14.8 Å². The molecule has 1 aromatic rings. The molecule has 0 aliphatic rings. The van der Waals surface area contributed by atoms with Crippen LogP contribution < -0.4 is 0 Å². The van der Waals surface area contributed by atoms with Crippen molar-refractivity contribution in [2.45, 2.75) is 19.4 Å². The van der Waals surface area contributed by atoms with E-state index in [0.717, 1.165) is 28.4 Å². The highest BCUT2D eigenvalue weighted by molar-refractivity contribution is 9.14. The highest BCUT2D eigenvalue weighted by Crippen LogP contribution is 2.28. The SMILES string of the molecule is BrC=C(Br)CC(CC(Br)=CBr)Cn1cncn1. The van der Waals surface area contributed by atoms with Crippen molar-refractivity contribution in [3.05, 3.63) is 31.6 Å². The molecular formula is C10H11Br4N3. The summed E-state index contributed by atoms with van der Waals surface area (Å²) >= 11 is 13.7. The molecule has 7 heteroatoms. The average molecular weight is 493 g/mol. The van der Waals surface area contributed by atoms with Gasteiger partial charge in [0.05, 0.1) is 0 Å². The summed E-state index contributed by atoms with van der Waals surface area (Å²) in [7, 11) is 0. The lowest BCUT2D eigenvalue weighted by atomic mass is 10.0. The molecule has 0 bridgehead atoms. The first-order valence-corrected chi connectivity index (χ1v) is 8.29. The molecule has 1 aromatic heterocycles. The fraction of sp³-hybridized carbons (Fsp3) is 0.400. The van der Waals surface area contributed by atoms with E-state index in [1.165, 1.54) is 0 Å². The largest absolute Gasteiger partial charge is 0.253 e. The molecule has 1 rings (SSSR count). The van der Waals surface area contributed by atoms with Crippen molar-refractivity contribution >= 4 is 63.7 Å². The number of rotatable bonds is 6. The van der Waals surface area contributed by atoms with Crippen LogP contribution in [0.15, 0.2) is 31.6 Å². The minimum atomic E-state index is 0.447.